The molecular weight excluding hydrogens is 361 g/mol. The summed E-state index contributed by atoms with van der Waals surface area (Å²) in [7, 11) is 0. The van der Waals surface area contributed by atoms with E-state index in [4.69, 9.17) is 4.74 Å². The molecule has 3 rings (SSSR count). The van der Waals surface area contributed by atoms with Gasteiger partial charge in [0, 0.05) is 5.69 Å². The lowest BCUT2D eigenvalue weighted by Gasteiger charge is -2.10. The van der Waals surface area contributed by atoms with Gasteiger partial charge >= 0.3 is 6.18 Å². The average Bonchev–Trinajstić information content (AvgIpc) is 3.13. The number of carbonyl (C=O) groups is 1. The first kappa shape index (κ1) is 18.4. The Labute approximate surface area is 152 Å². The van der Waals surface area contributed by atoms with Crippen molar-refractivity contribution in [2.75, 3.05) is 6.61 Å². The summed E-state index contributed by atoms with van der Waals surface area (Å²) < 4.78 is 44.4. The van der Waals surface area contributed by atoms with Crippen LogP contribution in [-0.2, 0) is 17.5 Å². The first-order chi connectivity index (χ1) is 12.9. The molecule has 0 atom stereocenters. The molecule has 2 aromatic carbocycles. The molecule has 0 fully saturated rings. The van der Waals surface area contributed by atoms with E-state index in [1.807, 2.05) is 30.3 Å². The average molecular weight is 376 g/mol. The third-order valence-electron chi connectivity index (χ3n) is 3.65. The minimum absolute atomic E-state index is 0.129. The number of ether oxygens (including phenoxy) is 1. The maximum atomic E-state index is 12.5. The molecule has 0 bridgehead atoms. The highest BCUT2D eigenvalue weighted by Crippen LogP contribution is 2.30. The van der Waals surface area contributed by atoms with Crippen LogP contribution in [0.1, 0.15) is 11.4 Å². The Kier molecular flexibility index (Phi) is 5.39. The van der Waals surface area contributed by atoms with Crippen LogP contribution in [0, 0.1) is 0 Å². The number of amides is 1. The van der Waals surface area contributed by atoms with E-state index in [-0.39, 0.29) is 18.9 Å². The Morgan fingerprint density at radius 1 is 1.07 bits per heavy atom. The lowest BCUT2D eigenvalue weighted by molar-refractivity contribution is -0.137. The first-order valence-corrected chi connectivity index (χ1v) is 7.94. The van der Waals surface area contributed by atoms with E-state index >= 15 is 0 Å². The van der Waals surface area contributed by atoms with Gasteiger partial charge in [-0.05, 0) is 36.4 Å². The summed E-state index contributed by atoms with van der Waals surface area (Å²) in [6.45, 7) is -0.199. The number of carbonyl (C=O) groups excluding carboxylic acids is 1. The first-order valence-electron chi connectivity index (χ1n) is 7.94. The standard InChI is InChI=1S/C18H15F3N4O2/c19-18(20,21)13-6-8-15(9-7-13)27-11-17(26)22-10-16-24-23-12-25(16)14-4-2-1-3-5-14/h1-9,12H,10-11H2,(H,22,26). The second-order valence-electron chi connectivity index (χ2n) is 5.54. The Morgan fingerprint density at radius 2 is 1.78 bits per heavy atom. The summed E-state index contributed by atoms with van der Waals surface area (Å²) in [6, 6.07) is 13.5. The van der Waals surface area contributed by atoms with E-state index in [1.165, 1.54) is 18.5 Å². The van der Waals surface area contributed by atoms with Crippen molar-refractivity contribution in [3.8, 4) is 11.4 Å². The summed E-state index contributed by atoms with van der Waals surface area (Å²) in [4.78, 5) is 11.9. The van der Waals surface area contributed by atoms with E-state index in [0.29, 0.717) is 5.82 Å². The number of aromatic nitrogens is 3. The van der Waals surface area contributed by atoms with Crippen molar-refractivity contribution >= 4 is 5.91 Å². The highest BCUT2D eigenvalue weighted by Gasteiger charge is 2.30. The molecule has 0 saturated heterocycles. The van der Waals surface area contributed by atoms with E-state index in [9.17, 15) is 18.0 Å². The number of benzene rings is 2. The normalized spacial score (nSPS) is 11.2. The van der Waals surface area contributed by atoms with E-state index < -0.39 is 17.6 Å². The van der Waals surface area contributed by atoms with Crippen LogP contribution >= 0.6 is 0 Å². The highest BCUT2D eigenvalue weighted by molar-refractivity contribution is 5.77. The van der Waals surface area contributed by atoms with Crippen LogP contribution in [0.15, 0.2) is 60.9 Å². The lowest BCUT2D eigenvalue weighted by Crippen LogP contribution is -2.29. The van der Waals surface area contributed by atoms with Gasteiger partial charge in [0.15, 0.2) is 12.4 Å². The topological polar surface area (TPSA) is 69.0 Å². The van der Waals surface area contributed by atoms with Crippen LogP contribution in [0.4, 0.5) is 13.2 Å². The molecule has 0 saturated carbocycles. The monoisotopic (exact) mass is 376 g/mol. The molecular formula is C18H15F3N4O2. The second-order valence-corrected chi connectivity index (χ2v) is 5.54. The van der Waals surface area contributed by atoms with E-state index in [1.54, 1.807) is 4.57 Å². The van der Waals surface area contributed by atoms with Gasteiger partial charge in [0.05, 0.1) is 12.1 Å². The molecule has 0 aliphatic heterocycles. The van der Waals surface area contributed by atoms with Gasteiger partial charge in [-0.3, -0.25) is 9.36 Å². The van der Waals surface area contributed by atoms with Gasteiger partial charge in [0.1, 0.15) is 12.1 Å². The molecule has 140 valence electrons. The Morgan fingerprint density at radius 3 is 2.44 bits per heavy atom. The predicted octanol–water partition coefficient (Wildman–Crippen LogP) is 2.98. The minimum Gasteiger partial charge on any atom is -0.484 e. The van der Waals surface area contributed by atoms with Gasteiger partial charge in [0.25, 0.3) is 5.91 Å². The molecule has 0 radical (unpaired) electrons. The number of nitrogens with one attached hydrogen (secondary N) is 1. The molecule has 9 heteroatoms. The van der Waals surface area contributed by atoms with Gasteiger partial charge in [-0.15, -0.1) is 10.2 Å². The van der Waals surface area contributed by atoms with Crippen LogP contribution in [0.2, 0.25) is 0 Å². The SMILES string of the molecule is O=C(COc1ccc(C(F)(F)F)cc1)NCc1nncn1-c1ccccc1. The van der Waals surface area contributed by atoms with Crippen LogP contribution < -0.4 is 10.1 Å². The molecule has 6 nitrogen and oxygen atoms in total. The molecule has 1 heterocycles. The van der Waals surface area contributed by atoms with Crippen molar-refractivity contribution in [2.24, 2.45) is 0 Å². The van der Waals surface area contributed by atoms with Crippen molar-refractivity contribution < 1.29 is 22.7 Å². The Hall–Kier alpha value is -3.36. The number of hydrogen-bond acceptors (Lipinski definition) is 4. The van der Waals surface area contributed by atoms with Crippen molar-refractivity contribution in [3.05, 3.63) is 72.3 Å². The lowest BCUT2D eigenvalue weighted by atomic mass is 10.2. The third kappa shape index (κ3) is 4.84. The van der Waals surface area contributed by atoms with Crippen molar-refractivity contribution in [1.29, 1.82) is 0 Å². The van der Waals surface area contributed by atoms with Crippen LogP contribution in [-0.4, -0.2) is 27.3 Å². The summed E-state index contributed by atoms with van der Waals surface area (Å²) in [5, 5.41) is 10.4. The smallest absolute Gasteiger partial charge is 0.416 e. The quantitative estimate of drug-likeness (QED) is 0.718. The van der Waals surface area contributed by atoms with Gasteiger partial charge in [-0.2, -0.15) is 13.2 Å². The summed E-state index contributed by atoms with van der Waals surface area (Å²) in [5.41, 5.74) is 0.0762. The number of nitrogens with zero attached hydrogens (tertiary/aromatic N) is 3. The molecule has 1 N–H and O–H groups in total. The fourth-order valence-electron chi connectivity index (χ4n) is 2.30. The minimum atomic E-state index is -4.41. The molecule has 0 spiro atoms. The van der Waals surface area contributed by atoms with Gasteiger partial charge in [-0.25, -0.2) is 0 Å². The summed E-state index contributed by atoms with van der Waals surface area (Å²) >= 11 is 0. The van der Waals surface area contributed by atoms with Crippen LogP contribution in [0.25, 0.3) is 5.69 Å². The molecule has 0 aliphatic carbocycles. The number of hydrogen-bond donors (Lipinski definition) is 1. The fourth-order valence-corrected chi connectivity index (χ4v) is 2.30. The Balaban J connectivity index is 1.52. The molecule has 1 amide bonds. The van der Waals surface area contributed by atoms with Gasteiger partial charge < -0.3 is 10.1 Å². The highest BCUT2D eigenvalue weighted by atomic mass is 19.4. The van der Waals surface area contributed by atoms with Crippen LogP contribution in [0.5, 0.6) is 5.75 Å². The fraction of sp³-hybridized carbons (Fsp3) is 0.167. The zero-order chi connectivity index (χ0) is 19.3. The van der Waals surface area contributed by atoms with Gasteiger partial charge in [0.2, 0.25) is 0 Å². The maximum Gasteiger partial charge on any atom is 0.416 e. The van der Waals surface area contributed by atoms with Crippen molar-refractivity contribution in [2.45, 2.75) is 12.7 Å². The van der Waals surface area contributed by atoms with Gasteiger partial charge in [-0.1, -0.05) is 18.2 Å². The number of para-hydroxylation sites is 1. The number of halogens is 3. The second kappa shape index (κ2) is 7.90. The summed E-state index contributed by atoms with van der Waals surface area (Å²) in [5.74, 6) is 0.271. The predicted molar refractivity (Wildman–Crippen MR) is 90.1 cm³/mol. The molecule has 3 aromatic rings. The largest absolute Gasteiger partial charge is 0.484 e. The maximum absolute atomic E-state index is 12.5. The Bertz CT molecular complexity index is 893. The third-order valence-corrected chi connectivity index (χ3v) is 3.65. The molecule has 27 heavy (non-hydrogen) atoms. The van der Waals surface area contributed by atoms with E-state index in [2.05, 4.69) is 15.5 Å². The van der Waals surface area contributed by atoms with Crippen molar-refractivity contribution in [1.82, 2.24) is 20.1 Å². The number of alkyl halides is 3. The molecule has 1 aromatic heterocycles. The van der Waals surface area contributed by atoms with E-state index in [0.717, 1.165) is 17.8 Å². The summed E-state index contributed by atoms with van der Waals surface area (Å²) in [6.07, 6.45) is -2.87. The zero-order valence-corrected chi connectivity index (χ0v) is 14.0. The van der Waals surface area contributed by atoms with Crippen LogP contribution in [0.3, 0.4) is 0 Å². The van der Waals surface area contributed by atoms with Crippen molar-refractivity contribution in [3.63, 3.8) is 0 Å². The molecule has 0 aliphatic rings. The zero-order valence-electron chi connectivity index (χ0n) is 14.0. The number of rotatable bonds is 6. The molecule has 0 unspecified atom stereocenters.